The standard InChI is InChI=1S/Ag.Na.H2O4S/c;;1-5(2,3)4/h;;(H2,1,2,3,4)/q2*+1;/p-2. The summed E-state index contributed by atoms with van der Waals surface area (Å²) in [7, 11) is -5.17. The Labute approximate surface area is 79.1 Å². The Morgan fingerprint density at radius 1 is 1.14 bits per heavy atom. The molecule has 42 valence electrons. The minimum atomic E-state index is -5.17. The van der Waals surface area contributed by atoms with Gasteiger partial charge in [0.15, 0.2) is 0 Å². The molecule has 0 radical (unpaired) electrons. The van der Waals surface area contributed by atoms with E-state index in [2.05, 4.69) is 0 Å². The number of rotatable bonds is 0. The van der Waals surface area contributed by atoms with E-state index in [1.54, 1.807) is 0 Å². The summed E-state index contributed by atoms with van der Waals surface area (Å²) >= 11 is 0. The Morgan fingerprint density at radius 3 is 1.14 bits per heavy atom. The molecule has 0 aromatic rings. The molecule has 0 unspecified atom stereocenters. The third kappa shape index (κ3) is 92.4. The van der Waals surface area contributed by atoms with Crippen molar-refractivity contribution in [2.24, 2.45) is 0 Å². The summed E-state index contributed by atoms with van der Waals surface area (Å²) in [6, 6.07) is 0. The van der Waals surface area contributed by atoms with Crippen molar-refractivity contribution in [3.05, 3.63) is 0 Å². The van der Waals surface area contributed by atoms with Gasteiger partial charge in [-0.3, -0.25) is 8.42 Å². The van der Waals surface area contributed by atoms with Gasteiger partial charge in [-0.25, -0.2) is 0 Å². The summed E-state index contributed by atoms with van der Waals surface area (Å²) in [5.74, 6) is 0. The van der Waals surface area contributed by atoms with Crippen LogP contribution in [0.4, 0.5) is 0 Å². The van der Waals surface area contributed by atoms with Gasteiger partial charge in [-0.2, -0.15) is 0 Å². The zero-order valence-electron chi connectivity index (χ0n) is 3.34. The van der Waals surface area contributed by atoms with Crippen LogP contribution in [-0.2, 0) is 32.8 Å². The van der Waals surface area contributed by atoms with Gasteiger partial charge in [-0.05, 0) is 0 Å². The molecule has 0 heterocycles. The zero-order chi connectivity index (χ0) is 4.50. The smallest absolute Gasteiger partial charge is 0.759 e. The minimum Gasteiger partial charge on any atom is -0.759 e. The zero-order valence-corrected chi connectivity index (χ0v) is 7.64. The van der Waals surface area contributed by atoms with E-state index in [1.165, 1.54) is 0 Å². The second-order valence-corrected chi connectivity index (χ2v) is 1.22. The van der Waals surface area contributed by atoms with Crippen LogP contribution in [0.2, 0.25) is 0 Å². The molecule has 0 aliphatic carbocycles. The monoisotopic (exact) mass is 226 g/mol. The molecule has 0 fully saturated rings. The van der Waals surface area contributed by atoms with E-state index in [1.807, 2.05) is 0 Å². The average Bonchev–Trinajstić information content (AvgIpc) is 0.722. The van der Waals surface area contributed by atoms with Crippen LogP contribution >= 0.6 is 0 Å². The Balaban J connectivity index is -0.0000000800. The van der Waals surface area contributed by atoms with Crippen molar-refractivity contribution in [3.63, 3.8) is 0 Å². The molecule has 0 atom stereocenters. The van der Waals surface area contributed by atoms with Gasteiger partial charge in [0.1, 0.15) is 0 Å². The van der Waals surface area contributed by atoms with Gasteiger partial charge in [0, 0.05) is 10.4 Å². The quantitative estimate of drug-likeness (QED) is 0.238. The maximum absolute atomic E-state index is 8.52. The summed E-state index contributed by atoms with van der Waals surface area (Å²) < 4.78 is 34.1. The molecule has 0 bridgehead atoms. The molecule has 0 aromatic heterocycles. The SMILES string of the molecule is O=S(=O)([O-])[O-].[Ag+].[Na+]. The van der Waals surface area contributed by atoms with Crippen LogP contribution < -0.4 is 29.6 Å². The molecule has 0 spiro atoms. The predicted molar refractivity (Wildman–Crippen MR) is 10.5 cm³/mol. The third-order valence-electron chi connectivity index (χ3n) is 0. The van der Waals surface area contributed by atoms with Crippen LogP contribution in [0.1, 0.15) is 0 Å². The van der Waals surface area contributed by atoms with Gasteiger partial charge in [-0.15, -0.1) is 0 Å². The first-order valence-corrected chi connectivity index (χ1v) is 2.00. The first-order chi connectivity index (χ1) is 2.00. The van der Waals surface area contributed by atoms with Crippen molar-refractivity contribution < 1.29 is 69.5 Å². The first kappa shape index (κ1) is 15.8. The summed E-state index contributed by atoms with van der Waals surface area (Å²) in [5.41, 5.74) is 0. The van der Waals surface area contributed by atoms with Crippen molar-refractivity contribution >= 4 is 10.4 Å². The van der Waals surface area contributed by atoms with Crippen LogP contribution in [0.25, 0.3) is 0 Å². The molecule has 0 aliphatic heterocycles. The fourth-order valence-corrected chi connectivity index (χ4v) is 0. The van der Waals surface area contributed by atoms with E-state index < -0.39 is 10.4 Å². The number of hydrogen-bond acceptors (Lipinski definition) is 4. The van der Waals surface area contributed by atoms with E-state index in [9.17, 15) is 0 Å². The van der Waals surface area contributed by atoms with Gasteiger partial charge >= 0.3 is 51.9 Å². The van der Waals surface area contributed by atoms with Gasteiger partial charge in [0.05, 0.1) is 0 Å². The maximum atomic E-state index is 8.52. The second-order valence-electron chi connectivity index (χ2n) is 0.408. The summed E-state index contributed by atoms with van der Waals surface area (Å²) in [4.78, 5) is 0. The summed E-state index contributed by atoms with van der Waals surface area (Å²) in [5, 5.41) is 0. The largest absolute Gasteiger partial charge is 1.00 e. The number of hydrogen-bond donors (Lipinski definition) is 0. The van der Waals surface area contributed by atoms with Crippen LogP contribution in [0.5, 0.6) is 0 Å². The molecule has 7 heteroatoms. The molecular formula is AgNaO4S. The van der Waals surface area contributed by atoms with E-state index >= 15 is 0 Å². The van der Waals surface area contributed by atoms with Crippen molar-refractivity contribution in [1.29, 1.82) is 0 Å². The Bertz CT molecular complexity index is 94.9. The van der Waals surface area contributed by atoms with E-state index in [4.69, 9.17) is 17.5 Å². The summed E-state index contributed by atoms with van der Waals surface area (Å²) in [6.07, 6.45) is 0. The Hall–Kier alpha value is 1.61. The van der Waals surface area contributed by atoms with Gasteiger partial charge in [0.25, 0.3) is 0 Å². The Kier molecular flexibility index (Phi) is 13.0. The van der Waals surface area contributed by atoms with Crippen LogP contribution in [-0.4, -0.2) is 17.5 Å². The molecular weight excluding hydrogens is 227 g/mol. The fourth-order valence-electron chi connectivity index (χ4n) is 0. The van der Waals surface area contributed by atoms with Crippen molar-refractivity contribution in [2.45, 2.75) is 0 Å². The molecule has 0 amide bonds. The third-order valence-corrected chi connectivity index (χ3v) is 0. The molecule has 0 saturated heterocycles. The predicted octanol–water partition coefficient (Wildman–Crippen LogP) is -4.34. The first-order valence-electron chi connectivity index (χ1n) is 0.667. The molecule has 0 rings (SSSR count). The van der Waals surface area contributed by atoms with Crippen LogP contribution in [0.15, 0.2) is 0 Å². The Morgan fingerprint density at radius 2 is 1.14 bits per heavy atom. The molecule has 0 N–H and O–H groups in total. The van der Waals surface area contributed by atoms with Crippen molar-refractivity contribution in [1.82, 2.24) is 0 Å². The minimum absolute atomic E-state index is 0. The van der Waals surface area contributed by atoms with Gasteiger partial charge in [0.2, 0.25) is 0 Å². The maximum Gasteiger partial charge on any atom is 1.00 e. The van der Waals surface area contributed by atoms with E-state index in [-0.39, 0.29) is 51.9 Å². The van der Waals surface area contributed by atoms with Crippen molar-refractivity contribution in [2.75, 3.05) is 0 Å². The molecule has 0 saturated carbocycles. The summed E-state index contributed by atoms with van der Waals surface area (Å²) in [6.45, 7) is 0. The van der Waals surface area contributed by atoms with Crippen LogP contribution in [0, 0.1) is 0 Å². The fraction of sp³-hybridized carbons (Fsp3) is 0. The molecule has 4 nitrogen and oxygen atoms in total. The molecule has 7 heavy (non-hydrogen) atoms. The van der Waals surface area contributed by atoms with E-state index in [0.29, 0.717) is 0 Å². The van der Waals surface area contributed by atoms with Crippen molar-refractivity contribution in [3.8, 4) is 0 Å². The van der Waals surface area contributed by atoms with Crippen LogP contribution in [0.3, 0.4) is 0 Å². The van der Waals surface area contributed by atoms with Gasteiger partial charge in [-0.1, -0.05) is 0 Å². The van der Waals surface area contributed by atoms with E-state index in [0.717, 1.165) is 0 Å². The topological polar surface area (TPSA) is 80.3 Å². The van der Waals surface area contributed by atoms with Gasteiger partial charge < -0.3 is 9.11 Å². The second kappa shape index (κ2) is 5.74. The normalized spacial score (nSPS) is 8.29. The molecule has 0 aromatic carbocycles. The molecule has 0 aliphatic rings. The average molecular weight is 227 g/mol.